The molecule has 1 aliphatic carbocycles. The predicted octanol–water partition coefficient (Wildman–Crippen LogP) is 11.6. The lowest BCUT2D eigenvalue weighted by atomic mass is 9.77. The van der Waals surface area contributed by atoms with Crippen molar-refractivity contribution in [3.63, 3.8) is 0 Å². The number of nitrogens with zero attached hydrogens (tertiary/aromatic N) is 5. The van der Waals surface area contributed by atoms with Gasteiger partial charge in [0.25, 0.3) is 8.32 Å². The molecule has 1 aromatic heterocycles. The number of hydrogen-bond acceptors (Lipinski definition) is 9. The van der Waals surface area contributed by atoms with Gasteiger partial charge in [0.05, 0.1) is 23.8 Å². The van der Waals surface area contributed by atoms with E-state index >= 15 is 0 Å². The van der Waals surface area contributed by atoms with Gasteiger partial charge in [0.1, 0.15) is 17.6 Å². The molecule has 2 heterocycles. The third kappa shape index (κ3) is 10.9. The molecule has 2 aliphatic rings. The standard InChI is InChI=1S/C64H71N5O5Si/c1-6-7-27-47(2)57(74-75(62(3,4)5,53-37-22-12-23-38-53)54-39-24-13-25-40-54)43-42-55-56-45-63(71,73-59(56)44-58(55)72-61(70)48-28-14-8-15-29-48)52(46-65)36-26-41-60-66-67-68-69(60)64(49-30-16-9-17-31-49,50-32-18-10-19-33-50)51-34-20-11-21-35-51/h8-25,28-35,37-40,42-43,47,52,55-59,71H,6-7,26-27,36,41,44-45H2,1-5H3/t47?,52?,55-,56-,57-,58-,59+,63?/m1/s1. The third-order valence-corrected chi connectivity index (χ3v) is 20.9. The fourth-order valence-corrected chi connectivity index (χ4v) is 16.8. The Morgan fingerprint density at radius 1 is 0.800 bits per heavy atom. The number of benzene rings is 6. The monoisotopic (exact) mass is 1020 g/mol. The van der Waals surface area contributed by atoms with E-state index in [4.69, 9.17) is 19.1 Å². The quantitative estimate of drug-likeness (QED) is 0.0323. The Morgan fingerprint density at radius 2 is 1.32 bits per heavy atom. The number of rotatable bonds is 21. The van der Waals surface area contributed by atoms with Crippen molar-refractivity contribution < 1.29 is 23.8 Å². The second kappa shape index (κ2) is 23.4. The van der Waals surface area contributed by atoms with Crippen molar-refractivity contribution in [3.8, 4) is 6.07 Å². The van der Waals surface area contributed by atoms with E-state index in [9.17, 15) is 15.2 Å². The number of aryl methyl sites for hydroxylation is 1. The van der Waals surface area contributed by atoms with Crippen molar-refractivity contribution >= 4 is 24.7 Å². The first kappa shape index (κ1) is 53.0. The van der Waals surface area contributed by atoms with Gasteiger partial charge in [-0.25, -0.2) is 9.48 Å². The van der Waals surface area contributed by atoms with E-state index < -0.39 is 43.7 Å². The maximum Gasteiger partial charge on any atom is 0.338 e. The van der Waals surface area contributed by atoms with E-state index in [1.165, 1.54) is 10.4 Å². The topological polar surface area (TPSA) is 132 Å². The van der Waals surface area contributed by atoms with Crippen molar-refractivity contribution in [3.05, 3.63) is 222 Å². The Hall–Kier alpha value is -6.81. The van der Waals surface area contributed by atoms with Gasteiger partial charge in [0.15, 0.2) is 11.6 Å². The van der Waals surface area contributed by atoms with Crippen LogP contribution in [0.3, 0.4) is 0 Å². The van der Waals surface area contributed by atoms with Gasteiger partial charge in [-0.3, -0.25) is 0 Å². The van der Waals surface area contributed by atoms with E-state index in [1.807, 2.05) is 77.5 Å². The molecule has 10 nitrogen and oxygen atoms in total. The van der Waals surface area contributed by atoms with Crippen LogP contribution in [0.1, 0.15) is 112 Å². The molecule has 2 fully saturated rings. The number of unbranched alkanes of at least 4 members (excludes halogenated alkanes) is 1. The van der Waals surface area contributed by atoms with Gasteiger partial charge >= 0.3 is 5.97 Å². The molecule has 1 aliphatic heterocycles. The van der Waals surface area contributed by atoms with Crippen LogP contribution in [0.4, 0.5) is 0 Å². The predicted molar refractivity (Wildman–Crippen MR) is 296 cm³/mol. The van der Waals surface area contributed by atoms with E-state index in [2.05, 4.69) is 160 Å². The number of nitriles is 1. The summed E-state index contributed by atoms with van der Waals surface area (Å²) in [7, 11) is -3.00. The molecule has 11 heteroatoms. The second-order valence-corrected chi connectivity index (χ2v) is 25.9. The SMILES string of the molecule is CCCCC(C)[C@@H](C=C[C@@H]1[C@H]2CC(O)(C(C#N)CCCc3nnnn3C(c3ccccc3)(c3ccccc3)c3ccccc3)O[C@H]2C[C@H]1OC(=O)c1ccccc1)O[Si](c1ccccc1)(c1ccccc1)C(C)(C)C. The van der Waals surface area contributed by atoms with E-state index in [-0.39, 0.29) is 35.3 Å². The molecule has 7 aromatic rings. The molecule has 8 atom stereocenters. The fourth-order valence-electron chi connectivity index (χ4n) is 12.1. The molecule has 0 amide bonds. The maximum atomic E-state index is 13.9. The number of carbonyl (C=O) groups is 1. The summed E-state index contributed by atoms with van der Waals surface area (Å²) in [5.41, 5.74) is 2.57. The molecule has 1 N–H and O–H groups in total. The smallest absolute Gasteiger partial charge is 0.338 e. The van der Waals surface area contributed by atoms with Crippen LogP contribution < -0.4 is 10.4 Å². The van der Waals surface area contributed by atoms with Crippen LogP contribution in [-0.2, 0) is 25.9 Å². The Bertz CT molecular complexity index is 2850. The normalized spacial score (nSPS) is 21.0. The van der Waals surface area contributed by atoms with Gasteiger partial charge in [-0.05, 0) is 79.8 Å². The third-order valence-electron chi connectivity index (χ3n) is 15.9. The number of aromatic nitrogens is 4. The summed E-state index contributed by atoms with van der Waals surface area (Å²) >= 11 is 0. The summed E-state index contributed by atoms with van der Waals surface area (Å²) < 4.78 is 22.9. The Labute approximate surface area is 444 Å². The number of hydrogen-bond donors (Lipinski definition) is 1. The minimum Gasteiger partial charge on any atom is -0.458 e. The van der Waals surface area contributed by atoms with Gasteiger partial charge in [0.2, 0.25) is 0 Å². The first-order valence-electron chi connectivity index (χ1n) is 26.9. The van der Waals surface area contributed by atoms with Crippen molar-refractivity contribution in [2.45, 2.75) is 121 Å². The lowest BCUT2D eigenvalue weighted by molar-refractivity contribution is -0.217. The highest BCUT2D eigenvalue weighted by Crippen LogP contribution is 2.52. The highest BCUT2D eigenvalue weighted by atomic mass is 28.4. The van der Waals surface area contributed by atoms with Gasteiger partial charge < -0.3 is 19.0 Å². The number of esters is 1. The largest absolute Gasteiger partial charge is 0.458 e. The van der Waals surface area contributed by atoms with Gasteiger partial charge in [0, 0.05) is 31.1 Å². The molecule has 3 unspecified atom stereocenters. The maximum absolute atomic E-state index is 13.9. The molecule has 386 valence electrons. The minimum atomic E-state index is -3.00. The first-order valence-corrected chi connectivity index (χ1v) is 28.8. The van der Waals surface area contributed by atoms with Crippen LogP contribution in [0.2, 0.25) is 5.04 Å². The van der Waals surface area contributed by atoms with Crippen LogP contribution in [0.5, 0.6) is 0 Å². The van der Waals surface area contributed by atoms with E-state index in [1.54, 1.807) is 12.1 Å². The molecular formula is C64H71N5O5Si. The average molecular weight is 1020 g/mol. The van der Waals surface area contributed by atoms with Crippen LogP contribution in [-0.4, -0.2) is 63.7 Å². The van der Waals surface area contributed by atoms with Crippen LogP contribution >= 0.6 is 0 Å². The van der Waals surface area contributed by atoms with Crippen LogP contribution in [0.15, 0.2) is 194 Å². The lowest BCUT2D eigenvalue weighted by Crippen LogP contribution is -2.68. The Morgan fingerprint density at radius 3 is 1.83 bits per heavy atom. The van der Waals surface area contributed by atoms with Gasteiger partial charge in [-0.15, -0.1) is 5.10 Å². The van der Waals surface area contributed by atoms with Crippen molar-refractivity contribution in [2.24, 2.45) is 23.7 Å². The summed E-state index contributed by atoms with van der Waals surface area (Å²) in [4.78, 5) is 13.9. The molecule has 1 saturated heterocycles. The van der Waals surface area contributed by atoms with Crippen molar-refractivity contribution in [1.29, 1.82) is 5.26 Å². The lowest BCUT2D eigenvalue weighted by Gasteiger charge is -2.46. The molecule has 1 saturated carbocycles. The summed E-state index contributed by atoms with van der Waals surface area (Å²) in [5, 5.41) is 39.3. The van der Waals surface area contributed by atoms with Gasteiger partial charge in [-0.2, -0.15) is 5.26 Å². The van der Waals surface area contributed by atoms with Crippen LogP contribution in [0, 0.1) is 35.0 Å². The van der Waals surface area contributed by atoms with Crippen molar-refractivity contribution in [2.75, 3.05) is 0 Å². The number of carbonyl (C=O) groups excluding carboxylic acids is 1. The highest BCUT2D eigenvalue weighted by Gasteiger charge is 2.58. The molecule has 0 bridgehead atoms. The zero-order valence-corrected chi connectivity index (χ0v) is 45.0. The molecular weight excluding hydrogens is 947 g/mol. The number of aliphatic hydroxyl groups is 1. The zero-order chi connectivity index (χ0) is 52.5. The first-order chi connectivity index (χ1) is 36.4. The Kier molecular flexibility index (Phi) is 16.5. The highest BCUT2D eigenvalue weighted by molar-refractivity contribution is 6.99. The molecule has 0 spiro atoms. The summed E-state index contributed by atoms with van der Waals surface area (Å²) in [6.07, 6.45) is 8.07. The van der Waals surface area contributed by atoms with E-state index in [0.29, 0.717) is 37.1 Å². The summed E-state index contributed by atoms with van der Waals surface area (Å²) in [5.74, 6) is -2.77. The fraction of sp³-hybridized carbons (Fsp3) is 0.359. The Balaban J connectivity index is 1.01. The molecule has 75 heavy (non-hydrogen) atoms. The molecule has 9 rings (SSSR count). The minimum absolute atomic E-state index is 0.157. The second-order valence-electron chi connectivity index (χ2n) is 21.6. The van der Waals surface area contributed by atoms with Crippen LogP contribution in [0.25, 0.3) is 0 Å². The summed E-state index contributed by atoms with van der Waals surface area (Å²) in [6.45, 7) is 11.4. The summed E-state index contributed by atoms with van der Waals surface area (Å²) in [6, 6.07) is 63.8. The van der Waals surface area contributed by atoms with Gasteiger partial charge in [-0.1, -0.05) is 229 Å². The molecule has 6 aromatic carbocycles. The number of ether oxygens (including phenoxy) is 2. The average Bonchev–Trinajstić information content (AvgIpc) is 4.14. The zero-order valence-electron chi connectivity index (χ0n) is 44.0. The van der Waals surface area contributed by atoms with E-state index in [0.717, 1.165) is 36.0 Å². The van der Waals surface area contributed by atoms with Crippen molar-refractivity contribution in [1.82, 2.24) is 20.2 Å². The number of tetrazole rings is 1. The number of fused-ring (bicyclic) bond motifs is 1. The molecule has 0 radical (unpaired) electrons.